The van der Waals surface area contributed by atoms with Crippen molar-refractivity contribution in [3.05, 3.63) is 0 Å². The number of thioether (sulfide) groups is 1. The van der Waals surface area contributed by atoms with Gasteiger partial charge in [-0.05, 0) is 44.9 Å². The molecule has 19 heavy (non-hydrogen) atoms. The van der Waals surface area contributed by atoms with Crippen molar-refractivity contribution in [2.45, 2.75) is 75.2 Å². The fourth-order valence-electron chi connectivity index (χ4n) is 4.61. The van der Waals surface area contributed by atoms with Gasteiger partial charge in [-0.2, -0.15) is 11.8 Å². The molecule has 1 aliphatic carbocycles. The van der Waals surface area contributed by atoms with Crippen LogP contribution in [0.25, 0.3) is 0 Å². The van der Waals surface area contributed by atoms with Crippen LogP contribution in [0, 0.1) is 0 Å². The lowest BCUT2D eigenvalue weighted by Crippen LogP contribution is -2.62. The molecular formula is C16H30N2S. The maximum absolute atomic E-state index is 2.93. The minimum atomic E-state index is 0.826. The molecule has 2 saturated heterocycles. The number of fused-ring (bicyclic) bond motifs is 1. The van der Waals surface area contributed by atoms with Crippen molar-refractivity contribution in [3.8, 4) is 0 Å². The molecule has 0 aromatic heterocycles. The lowest BCUT2D eigenvalue weighted by molar-refractivity contribution is -0.0129. The molecule has 0 N–H and O–H groups in total. The number of piperidine rings is 1. The smallest absolute Gasteiger partial charge is 0.0224 e. The first-order chi connectivity index (χ1) is 9.33. The third-order valence-corrected chi connectivity index (χ3v) is 6.86. The summed E-state index contributed by atoms with van der Waals surface area (Å²) in [7, 11) is 0. The van der Waals surface area contributed by atoms with Crippen molar-refractivity contribution in [3.63, 3.8) is 0 Å². The molecule has 4 atom stereocenters. The zero-order valence-corrected chi connectivity index (χ0v) is 13.5. The quantitative estimate of drug-likeness (QED) is 0.785. The Bertz CT molecular complexity index is 296. The Kier molecular flexibility index (Phi) is 4.76. The molecular weight excluding hydrogens is 252 g/mol. The van der Waals surface area contributed by atoms with Gasteiger partial charge in [0.05, 0.1) is 0 Å². The molecule has 4 unspecified atom stereocenters. The summed E-state index contributed by atoms with van der Waals surface area (Å²) < 4.78 is 0. The van der Waals surface area contributed by atoms with Crippen LogP contribution < -0.4 is 0 Å². The van der Waals surface area contributed by atoms with Crippen molar-refractivity contribution >= 4 is 11.8 Å². The highest BCUT2D eigenvalue weighted by atomic mass is 32.2. The summed E-state index contributed by atoms with van der Waals surface area (Å²) in [4.78, 5) is 5.73. The molecule has 2 heterocycles. The van der Waals surface area contributed by atoms with E-state index in [-0.39, 0.29) is 0 Å². The molecule has 0 aromatic carbocycles. The van der Waals surface area contributed by atoms with E-state index in [0.29, 0.717) is 0 Å². The van der Waals surface area contributed by atoms with Gasteiger partial charge >= 0.3 is 0 Å². The van der Waals surface area contributed by atoms with Crippen LogP contribution in [0.5, 0.6) is 0 Å². The van der Waals surface area contributed by atoms with Crippen molar-refractivity contribution in [2.75, 3.05) is 25.9 Å². The van der Waals surface area contributed by atoms with E-state index in [1.807, 2.05) is 0 Å². The van der Waals surface area contributed by atoms with Gasteiger partial charge in [0.2, 0.25) is 0 Å². The number of hydrogen-bond donors (Lipinski definition) is 0. The van der Waals surface area contributed by atoms with E-state index in [1.54, 1.807) is 0 Å². The predicted molar refractivity (Wildman–Crippen MR) is 84.9 cm³/mol. The molecule has 2 aliphatic heterocycles. The third kappa shape index (κ3) is 2.84. The molecule has 3 heteroatoms. The van der Waals surface area contributed by atoms with E-state index < -0.39 is 0 Å². The minimum Gasteiger partial charge on any atom is -0.298 e. The van der Waals surface area contributed by atoms with Crippen molar-refractivity contribution in [1.29, 1.82) is 0 Å². The van der Waals surface area contributed by atoms with Crippen LogP contribution in [0.4, 0.5) is 0 Å². The van der Waals surface area contributed by atoms with Crippen LogP contribution in [-0.2, 0) is 0 Å². The Balaban J connectivity index is 1.71. The fourth-order valence-corrected chi connectivity index (χ4v) is 5.61. The summed E-state index contributed by atoms with van der Waals surface area (Å²) >= 11 is 2.12. The predicted octanol–water partition coefficient (Wildman–Crippen LogP) is 3.22. The van der Waals surface area contributed by atoms with E-state index >= 15 is 0 Å². The Hall–Kier alpha value is 0.270. The third-order valence-electron chi connectivity index (χ3n) is 5.70. The number of nitrogens with zero attached hydrogens (tertiary/aromatic N) is 2. The van der Waals surface area contributed by atoms with E-state index in [0.717, 1.165) is 23.4 Å². The minimum absolute atomic E-state index is 0.826. The molecule has 0 bridgehead atoms. The van der Waals surface area contributed by atoms with Crippen LogP contribution in [0.3, 0.4) is 0 Å². The Labute approximate surface area is 123 Å². The van der Waals surface area contributed by atoms with Crippen molar-refractivity contribution in [2.24, 2.45) is 0 Å². The topological polar surface area (TPSA) is 6.48 Å². The van der Waals surface area contributed by atoms with E-state index in [2.05, 4.69) is 34.7 Å². The van der Waals surface area contributed by atoms with Gasteiger partial charge in [-0.3, -0.25) is 9.80 Å². The van der Waals surface area contributed by atoms with Crippen LogP contribution in [-0.4, -0.2) is 59.1 Å². The lowest BCUT2D eigenvalue weighted by atomic mass is 9.94. The zero-order chi connectivity index (χ0) is 13.2. The second-order valence-electron chi connectivity index (χ2n) is 6.68. The molecule has 0 aromatic rings. The summed E-state index contributed by atoms with van der Waals surface area (Å²) in [6.45, 7) is 6.47. The monoisotopic (exact) mass is 282 g/mol. The van der Waals surface area contributed by atoms with Gasteiger partial charge < -0.3 is 0 Å². The van der Waals surface area contributed by atoms with E-state index in [9.17, 15) is 0 Å². The SMILES string of the molecule is CCC1CN2CCCCC2CN1C1CCCC1SC. The van der Waals surface area contributed by atoms with Gasteiger partial charge in [-0.15, -0.1) is 0 Å². The maximum Gasteiger partial charge on any atom is 0.0224 e. The fraction of sp³-hybridized carbons (Fsp3) is 1.00. The highest BCUT2D eigenvalue weighted by Crippen LogP contribution is 2.36. The molecule has 3 fully saturated rings. The molecule has 0 amide bonds. The molecule has 0 spiro atoms. The van der Waals surface area contributed by atoms with Gasteiger partial charge in [-0.1, -0.05) is 19.8 Å². The second kappa shape index (κ2) is 6.36. The lowest BCUT2D eigenvalue weighted by Gasteiger charge is -2.51. The van der Waals surface area contributed by atoms with Gasteiger partial charge in [0.25, 0.3) is 0 Å². The number of rotatable bonds is 3. The standard InChI is InChI=1S/C16H30N2S/c1-3-13-11-17-10-5-4-7-14(17)12-18(13)15-8-6-9-16(15)19-2/h13-16H,3-12H2,1-2H3. The average Bonchev–Trinajstić information content (AvgIpc) is 2.94. The highest BCUT2D eigenvalue weighted by molar-refractivity contribution is 7.99. The van der Waals surface area contributed by atoms with E-state index in [1.165, 1.54) is 64.6 Å². The summed E-state index contributed by atoms with van der Waals surface area (Å²) in [5.74, 6) is 0. The summed E-state index contributed by atoms with van der Waals surface area (Å²) in [6, 6.07) is 2.58. The number of hydrogen-bond acceptors (Lipinski definition) is 3. The van der Waals surface area contributed by atoms with Crippen LogP contribution >= 0.6 is 11.8 Å². The molecule has 0 radical (unpaired) electrons. The van der Waals surface area contributed by atoms with Crippen molar-refractivity contribution in [1.82, 2.24) is 9.80 Å². The van der Waals surface area contributed by atoms with Gasteiger partial charge in [0.15, 0.2) is 0 Å². The van der Waals surface area contributed by atoms with Gasteiger partial charge in [0, 0.05) is 36.5 Å². The van der Waals surface area contributed by atoms with Crippen LogP contribution in [0.1, 0.15) is 51.9 Å². The molecule has 2 nitrogen and oxygen atoms in total. The first-order valence-electron chi connectivity index (χ1n) is 8.36. The Morgan fingerprint density at radius 1 is 1.05 bits per heavy atom. The molecule has 3 aliphatic rings. The summed E-state index contributed by atoms with van der Waals surface area (Å²) in [5.41, 5.74) is 0. The zero-order valence-electron chi connectivity index (χ0n) is 12.7. The summed E-state index contributed by atoms with van der Waals surface area (Å²) in [5, 5.41) is 0.907. The molecule has 3 rings (SSSR count). The summed E-state index contributed by atoms with van der Waals surface area (Å²) in [6.07, 6.45) is 12.4. The van der Waals surface area contributed by atoms with Gasteiger partial charge in [0.1, 0.15) is 0 Å². The number of piperazine rings is 1. The normalized spacial score (nSPS) is 41.4. The highest BCUT2D eigenvalue weighted by Gasteiger charge is 2.41. The first-order valence-corrected chi connectivity index (χ1v) is 9.65. The molecule has 110 valence electrons. The second-order valence-corrected chi connectivity index (χ2v) is 7.75. The Morgan fingerprint density at radius 3 is 2.74 bits per heavy atom. The largest absolute Gasteiger partial charge is 0.298 e. The first kappa shape index (κ1) is 14.2. The van der Waals surface area contributed by atoms with E-state index in [4.69, 9.17) is 0 Å². The molecule has 1 saturated carbocycles. The Morgan fingerprint density at radius 2 is 1.95 bits per heavy atom. The van der Waals surface area contributed by atoms with Crippen molar-refractivity contribution < 1.29 is 0 Å². The average molecular weight is 282 g/mol. The van der Waals surface area contributed by atoms with Gasteiger partial charge in [-0.25, -0.2) is 0 Å². The maximum atomic E-state index is 2.93. The van der Waals surface area contributed by atoms with Crippen LogP contribution in [0.15, 0.2) is 0 Å². The van der Waals surface area contributed by atoms with Crippen LogP contribution in [0.2, 0.25) is 0 Å².